The highest BCUT2D eigenvalue weighted by Crippen LogP contribution is 2.22. The van der Waals surface area contributed by atoms with Gasteiger partial charge in [0.15, 0.2) is 0 Å². The molecule has 0 radical (unpaired) electrons. The van der Waals surface area contributed by atoms with Crippen LogP contribution in [0.15, 0.2) is 42.5 Å². The second-order valence-corrected chi connectivity index (χ2v) is 7.73. The van der Waals surface area contributed by atoms with Crippen LogP contribution in [-0.4, -0.2) is 56.0 Å². The molecule has 1 amide bonds. The van der Waals surface area contributed by atoms with E-state index in [1.54, 1.807) is 24.3 Å². The highest BCUT2D eigenvalue weighted by molar-refractivity contribution is 7.13. The summed E-state index contributed by atoms with van der Waals surface area (Å²) in [5, 5.41) is 11.0. The average molecular weight is 413 g/mol. The van der Waals surface area contributed by atoms with Crippen molar-refractivity contribution in [3.05, 3.63) is 63.4 Å². The molecule has 0 fully saturated rings. The highest BCUT2D eigenvalue weighted by Gasteiger charge is 2.18. The number of carbonyl (C=O) groups excluding carboxylic acids is 2. The van der Waals surface area contributed by atoms with Gasteiger partial charge < -0.3 is 19.7 Å². The second-order valence-electron chi connectivity index (χ2n) is 6.44. The molecule has 0 atom stereocenters. The number of hydrogen-bond acceptors (Lipinski definition) is 6. The van der Waals surface area contributed by atoms with Crippen LogP contribution in [0.1, 0.15) is 30.5 Å². The molecule has 2 N–H and O–H groups in total. The van der Waals surface area contributed by atoms with Gasteiger partial charge in [-0.1, -0.05) is 18.2 Å². The van der Waals surface area contributed by atoms with E-state index in [1.807, 2.05) is 30.0 Å². The van der Waals surface area contributed by atoms with Gasteiger partial charge in [0.05, 0.1) is 18.5 Å². The first-order valence-corrected chi connectivity index (χ1v) is 10.00. The third-order valence-corrected chi connectivity index (χ3v) is 5.41. The molecular weight excluding hydrogens is 390 g/mol. The van der Waals surface area contributed by atoms with E-state index in [0.717, 1.165) is 4.88 Å². The minimum Gasteiger partial charge on any atom is -0.496 e. The third kappa shape index (κ3) is 5.03. The summed E-state index contributed by atoms with van der Waals surface area (Å²) in [6.07, 6.45) is 4.02. The maximum atomic E-state index is 12.4. The predicted octanol–water partition coefficient (Wildman–Crippen LogP) is 2.85. The SMILES string of the molecule is COc1cc(C(=N)N2CC=CC2)ccc1C(=O)OCCNC(=O)c1ccc(C)s1. The van der Waals surface area contributed by atoms with Gasteiger partial charge in [0, 0.05) is 23.5 Å². The summed E-state index contributed by atoms with van der Waals surface area (Å²) in [4.78, 5) is 28.0. The van der Waals surface area contributed by atoms with Gasteiger partial charge in [0.25, 0.3) is 5.91 Å². The van der Waals surface area contributed by atoms with Crippen molar-refractivity contribution in [2.45, 2.75) is 6.92 Å². The lowest BCUT2D eigenvalue weighted by atomic mass is 10.1. The zero-order valence-corrected chi connectivity index (χ0v) is 17.2. The fourth-order valence-corrected chi connectivity index (χ4v) is 3.66. The van der Waals surface area contributed by atoms with Gasteiger partial charge in [-0.15, -0.1) is 11.3 Å². The first-order valence-electron chi connectivity index (χ1n) is 9.18. The monoisotopic (exact) mass is 413 g/mol. The predicted molar refractivity (Wildman–Crippen MR) is 112 cm³/mol. The molecule has 1 aromatic heterocycles. The second kappa shape index (κ2) is 9.38. The molecule has 2 heterocycles. The molecule has 1 aliphatic heterocycles. The lowest BCUT2D eigenvalue weighted by molar-refractivity contribution is 0.0499. The van der Waals surface area contributed by atoms with Gasteiger partial charge in [-0.2, -0.15) is 0 Å². The van der Waals surface area contributed by atoms with E-state index in [0.29, 0.717) is 35.1 Å². The van der Waals surface area contributed by atoms with Crippen molar-refractivity contribution in [1.82, 2.24) is 10.2 Å². The molecule has 1 aromatic carbocycles. The fraction of sp³-hybridized carbons (Fsp3) is 0.286. The zero-order valence-electron chi connectivity index (χ0n) is 16.4. The quantitative estimate of drug-likeness (QED) is 0.239. The number of amidine groups is 1. The van der Waals surface area contributed by atoms with E-state index >= 15 is 0 Å². The number of carbonyl (C=O) groups is 2. The van der Waals surface area contributed by atoms with E-state index in [2.05, 4.69) is 5.32 Å². The number of esters is 1. The summed E-state index contributed by atoms with van der Waals surface area (Å²) in [5.74, 6) is 0.00206. The Hall–Kier alpha value is -3.13. The maximum Gasteiger partial charge on any atom is 0.341 e. The molecule has 0 aliphatic carbocycles. The number of nitrogens with zero attached hydrogens (tertiary/aromatic N) is 1. The largest absolute Gasteiger partial charge is 0.496 e. The molecule has 0 spiro atoms. The Balaban J connectivity index is 1.54. The van der Waals surface area contributed by atoms with E-state index in [-0.39, 0.29) is 24.6 Å². The van der Waals surface area contributed by atoms with E-state index in [1.165, 1.54) is 18.4 Å². The maximum absolute atomic E-state index is 12.4. The topological polar surface area (TPSA) is 91.7 Å². The Labute approximate surface area is 173 Å². The van der Waals surface area contributed by atoms with Gasteiger partial charge >= 0.3 is 5.97 Å². The summed E-state index contributed by atoms with van der Waals surface area (Å²) < 4.78 is 10.6. The van der Waals surface area contributed by atoms with Gasteiger partial charge in [0.1, 0.15) is 23.8 Å². The number of hydrogen-bond donors (Lipinski definition) is 2. The Morgan fingerprint density at radius 2 is 1.97 bits per heavy atom. The summed E-state index contributed by atoms with van der Waals surface area (Å²) >= 11 is 1.41. The van der Waals surface area contributed by atoms with Gasteiger partial charge in [-0.25, -0.2) is 4.79 Å². The van der Waals surface area contributed by atoms with E-state index in [4.69, 9.17) is 14.9 Å². The number of nitrogens with one attached hydrogen (secondary N) is 2. The van der Waals surface area contributed by atoms with Crippen molar-refractivity contribution in [3.8, 4) is 5.75 Å². The van der Waals surface area contributed by atoms with Crippen molar-refractivity contribution < 1.29 is 19.1 Å². The van der Waals surface area contributed by atoms with Crippen LogP contribution < -0.4 is 10.1 Å². The van der Waals surface area contributed by atoms with Gasteiger partial charge in [-0.3, -0.25) is 10.2 Å². The number of thiophene rings is 1. The molecule has 0 saturated heterocycles. The fourth-order valence-electron chi connectivity index (χ4n) is 2.88. The number of aryl methyl sites for hydroxylation is 1. The first-order chi connectivity index (χ1) is 14.0. The van der Waals surface area contributed by atoms with Crippen LogP contribution >= 0.6 is 11.3 Å². The molecule has 1 aliphatic rings. The number of benzene rings is 1. The molecule has 0 unspecified atom stereocenters. The third-order valence-electron chi connectivity index (χ3n) is 4.41. The molecule has 0 bridgehead atoms. The van der Waals surface area contributed by atoms with Crippen LogP contribution in [0, 0.1) is 12.3 Å². The minimum absolute atomic E-state index is 0.0507. The van der Waals surface area contributed by atoms with Crippen molar-refractivity contribution in [2.75, 3.05) is 33.4 Å². The lowest BCUT2D eigenvalue weighted by Gasteiger charge is -2.19. The Bertz CT molecular complexity index is 943. The van der Waals surface area contributed by atoms with Crippen molar-refractivity contribution in [3.63, 3.8) is 0 Å². The normalized spacial score (nSPS) is 12.7. The Morgan fingerprint density at radius 3 is 2.62 bits per heavy atom. The minimum atomic E-state index is -0.538. The van der Waals surface area contributed by atoms with E-state index in [9.17, 15) is 9.59 Å². The Kier molecular flexibility index (Phi) is 6.66. The number of rotatable bonds is 7. The number of amides is 1. The lowest BCUT2D eigenvalue weighted by Crippen LogP contribution is -2.28. The van der Waals surface area contributed by atoms with Crippen LogP contribution in [0.4, 0.5) is 0 Å². The standard InChI is InChI=1S/C21H23N3O4S/c1-14-5-8-18(29-14)20(25)23-9-12-28-21(26)16-7-6-15(13-17(16)27-2)19(22)24-10-3-4-11-24/h3-8,13,22H,9-12H2,1-2H3,(H,23,25). The van der Waals surface area contributed by atoms with Crippen molar-refractivity contribution in [1.29, 1.82) is 5.41 Å². The molecular formula is C21H23N3O4S. The van der Waals surface area contributed by atoms with Gasteiger partial charge in [-0.05, 0) is 31.2 Å². The van der Waals surface area contributed by atoms with Crippen LogP contribution in [0.25, 0.3) is 0 Å². The molecule has 7 nitrogen and oxygen atoms in total. The average Bonchev–Trinajstić information content (AvgIpc) is 3.41. The van der Waals surface area contributed by atoms with Crippen LogP contribution in [0.5, 0.6) is 5.75 Å². The smallest absolute Gasteiger partial charge is 0.341 e. The summed E-state index contributed by atoms with van der Waals surface area (Å²) in [6, 6.07) is 8.62. The molecule has 0 saturated carbocycles. The zero-order chi connectivity index (χ0) is 20.8. The van der Waals surface area contributed by atoms with Crippen LogP contribution in [-0.2, 0) is 4.74 Å². The number of methoxy groups -OCH3 is 1. The summed E-state index contributed by atoms with van der Waals surface area (Å²) in [6.45, 7) is 3.60. The van der Waals surface area contributed by atoms with E-state index < -0.39 is 5.97 Å². The highest BCUT2D eigenvalue weighted by atomic mass is 32.1. The van der Waals surface area contributed by atoms with Crippen molar-refractivity contribution in [2.24, 2.45) is 0 Å². The van der Waals surface area contributed by atoms with Crippen LogP contribution in [0.2, 0.25) is 0 Å². The van der Waals surface area contributed by atoms with Crippen LogP contribution in [0.3, 0.4) is 0 Å². The van der Waals surface area contributed by atoms with Crippen molar-refractivity contribution >= 4 is 29.0 Å². The molecule has 29 heavy (non-hydrogen) atoms. The molecule has 152 valence electrons. The van der Waals surface area contributed by atoms with Gasteiger partial charge in [0.2, 0.25) is 0 Å². The number of ether oxygens (including phenoxy) is 2. The molecule has 2 aromatic rings. The summed E-state index contributed by atoms with van der Waals surface area (Å²) in [5.41, 5.74) is 0.949. The first kappa shape index (κ1) is 20.6. The summed E-state index contributed by atoms with van der Waals surface area (Å²) in [7, 11) is 1.47. The molecule has 3 rings (SSSR count). The molecule has 8 heteroatoms. The Morgan fingerprint density at radius 1 is 1.21 bits per heavy atom.